The summed E-state index contributed by atoms with van der Waals surface area (Å²) < 4.78 is 8.36. The lowest BCUT2D eigenvalue weighted by molar-refractivity contribution is 0.674. The summed E-state index contributed by atoms with van der Waals surface area (Å²) in [5.74, 6) is 0. The van der Waals surface area contributed by atoms with E-state index in [9.17, 15) is 0 Å². The summed E-state index contributed by atoms with van der Waals surface area (Å²) in [6.07, 6.45) is 0. The van der Waals surface area contributed by atoms with E-state index in [1.807, 2.05) is 0 Å². The van der Waals surface area contributed by atoms with Crippen molar-refractivity contribution in [3.05, 3.63) is 24.6 Å². The molecule has 0 unspecified atom stereocenters. The Labute approximate surface area is 49.2 Å². The van der Waals surface area contributed by atoms with Gasteiger partial charge in [0.05, 0.1) is 0 Å². The summed E-state index contributed by atoms with van der Waals surface area (Å²) in [5.41, 5.74) is 3.52. The molecule has 0 spiro atoms. The van der Waals surface area contributed by atoms with Crippen molar-refractivity contribution in [2.24, 2.45) is 0 Å². The second kappa shape index (κ2) is 4.17. The number of hydrogen-bond acceptors (Lipinski definition) is 2. The van der Waals surface area contributed by atoms with Crippen LogP contribution in [0.3, 0.4) is 0 Å². The Morgan fingerprint density at radius 3 is 1.86 bits per heavy atom. The number of hydrogen-bond donors (Lipinski definition) is 1. The van der Waals surface area contributed by atoms with Crippen LogP contribution >= 0.6 is 11.5 Å². The normalized spacial score (nSPS) is 8.86. The van der Waals surface area contributed by atoms with E-state index in [0.717, 1.165) is 11.5 Å². The second-order valence-corrected chi connectivity index (χ2v) is 5.39. The Kier molecular flexibility index (Phi) is 4.18. The zero-order chi connectivity index (χ0) is 5.70. The fourth-order valence-electron chi connectivity index (χ4n) is 0.182. The van der Waals surface area contributed by atoms with E-state index in [0.29, 0.717) is 0 Å². The molecule has 0 amide bonds. The lowest BCUT2D eigenvalue weighted by Gasteiger charge is -1.91. The van der Waals surface area contributed by atoms with Gasteiger partial charge >= 0.3 is 0 Å². The third-order valence-corrected chi connectivity index (χ3v) is 3.64. The summed E-state index contributed by atoms with van der Waals surface area (Å²) >= 11 is 0.873. The Bertz CT molecular complexity index is 66.1. The van der Waals surface area contributed by atoms with Crippen LogP contribution in [0, 0.1) is 0 Å². The minimum absolute atomic E-state index is 0.873. The van der Waals surface area contributed by atoms with Crippen molar-refractivity contribution >= 4 is 19.4 Å². The topological polar surface area (TPSA) is 20.2 Å². The minimum atomic E-state index is -1.17. The Balaban J connectivity index is 3.36. The van der Waals surface area contributed by atoms with Gasteiger partial charge in [-0.3, -0.25) is 0 Å². The van der Waals surface area contributed by atoms with E-state index in [2.05, 4.69) is 13.2 Å². The first kappa shape index (κ1) is 7.01. The summed E-state index contributed by atoms with van der Waals surface area (Å²) in [5, 5.41) is 0. The molecule has 0 radical (unpaired) electrons. The highest BCUT2D eigenvalue weighted by Crippen LogP contribution is 2.00. The zero-order valence-electron chi connectivity index (χ0n) is 4.00. The van der Waals surface area contributed by atoms with Gasteiger partial charge in [-0.1, -0.05) is 11.4 Å². The first-order valence-corrected chi connectivity index (χ1v) is 5.49. The molecule has 0 saturated heterocycles. The van der Waals surface area contributed by atoms with Crippen molar-refractivity contribution < 1.29 is 4.55 Å². The summed E-state index contributed by atoms with van der Waals surface area (Å²) in [6, 6.07) is 0. The molecule has 0 rings (SSSR count). The molecule has 3 heteroatoms. The molecule has 1 N–H and O–H groups in total. The van der Waals surface area contributed by atoms with Crippen LogP contribution in [0.5, 0.6) is 0 Å². The van der Waals surface area contributed by atoms with Crippen LogP contribution in [0.25, 0.3) is 0 Å². The van der Waals surface area contributed by atoms with Gasteiger partial charge in [0.1, 0.15) is 0 Å². The van der Waals surface area contributed by atoms with Gasteiger partial charge in [0, 0.05) is 0 Å². The van der Waals surface area contributed by atoms with Crippen LogP contribution in [-0.2, 0) is 0 Å². The van der Waals surface area contributed by atoms with E-state index >= 15 is 0 Å². The molecule has 0 aromatic heterocycles. The molecule has 7 heavy (non-hydrogen) atoms. The predicted octanol–water partition coefficient (Wildman–Crippen LogP) is 1.37. The summed E-state index contributed by atoms with van der Waals surface area (Å²) in [6.45, 7) is 7.02. The van der Waals surface area contributed by atoms with Gasteiger partial charge in [0.15, 0.2) is 7.95 Å². The largest absolute Gasteiger partial charge is 0.336 e. The van der Waals surface area contributed by atoms with Crippen LogP contribution in [0.2, 0.25) is 0 Å². The van der Waals surface area contributed by atoms with E-state index in [-0.39, 0.29) is 0 Å². The van der Waals surface area contributed by atoms with Gasteiger partial charge in [0.25, 0.3) is 0 Å². The van der Waals surface area contributed by atoms with Gasteiger partial charge in [-0.15, -0.1) is 13.2 Å². The van der Waals surface area contributed by atoms with Crippen LogP contribution < -0.4 is 0 Å². The highest BCUT2D eigenvalue weighted by Gasteiger charge is 1.95. The molecule has 40 valence electrons. The second-order valence-electron chi connectivity index (χ2n) is 1.04. The average molecular weight is 132 g/mol. The quantitative estimate of drug-likeness (QED) is 0.462. The van der Waals surface area contributed by atoms with E-state index < -0.39 is 7.95 Å². The van der Waals surface area contributed by atoms with E-state index in [1.54, 1.807) is 11.4 Å². The first-order chi connectivity index (χ1) is 3.35. The van der Waals surface area contributed by atoms with Crippen LogP contribution in [0.1, 0.15) is 0 Å². The molecule has 0 aromatic rings. The smallest absolute Gasteiger partial charge is 0.182 e. The molecule has 0 saturated carbocycles. The Morgan fingerprint density at radius 2 is 1.86 bits per heavy atom. The van der Waals surface area contributed by atoms with Gasteiger partial charge < -0.3 is 4.55 Å². The average Bonchev–Trinajstić information content (AvgIpc) is 1.72. The predicted molar refractivity (Wildman–Crippen MR) is 37.8 cm³/mol. The molecule has 0 aliphatic carbocycles. The lowest BCUT2D eigenvalue weighted by Crippen LogP contribution is -1.95. The van der Waals surface area contributed by atoms with Crippen molar-refractivity contribution in [3.8, 4) is 0 Å². The van der Waals surface area contributed by atoms with Crippen LogP contribution in [0.4, 0.5) is 0 Å². The maximum atomic E-state index is 8.36. The third-order valence-electron chi connectivity index (χ3n) is 0.586. The molecule has 0 bridgehead atoms. The monoisotopic (exact) mass is 132 g/mol. The van der Waals surface area contributed by atoms with E-state index in [4.69, 9.17) is 4.55 Å². The lowest BCUT2D eigenvalue weighted by atomic mass is 11.2. The SMILES string of the molecule is C=C[SiH](C=C)SO. The third kappa shape index (κ3) is 2.67. The minimum Gasteiger partial charge on any atom is -0.336 e. The van der Waals surface area contributed by atoms with Crippen molar-refractivity contribution in [2.75, 3.05) is 0 Å². The maximum absolute atomic E-state index is 8.36. The molecule has 0 aromatic carbocycles. The zero-order valence-corrected chi connectivity index (χ0v) is 5.97. The molecular formula is C4H8OSSi. The highest BCUT2D eigenvalue weighted by atomic mass is 32.4. The first-order valence-electron chi connectivity index (χ1n) is 1.90. The number of rotatable bonds is 3. The van der Waals surface area contributed by atoms with Crippen LogP contribution in [-0.4, -0.2) is 12.5 Å². The summed E-state index contributed by atoms with van der Waals surface area (Å²) in [4.78, 5) is 0. The molecule has 0 atom stereocenters. The van der Waals surface area contributed by atoms with E-state index in [1.165, 1.54) is 0 Å². The Hall–Kier alpha value is 0.00688. The van der Waals surface area contributed by atoms with Gasteiger partial charge in [0.2, 0.25) is 0 Å². The molecular weight excluding hydrogens is 124 g/mol. The molecule has 0 aliphatic heterocycles. The molecule has 0 aliphatic rings. The fraction of sp³-hybridized carbons (Fsp3) is 0. The summed E-state index contributed by atoms with van der Waals surface area (Å²) in [7, 11) is -1.17. The van der Waals surface area contributed by atoms with Crippen LogP contribution in [0.15, 0.2) is 24.6 Å². The molecule has 0 heterocycles. The van der Waals surface area contributed by atoms with Gasteiger partial charge in [-0.2, -0.15) is 0 Å². The van der Waals surface area contributed by atoms with Crippen molar-refractivity contribution in [2.45, 2.75) is 0 Å². The molecule has 1 nitrogen and oxygen atoms in total. The van der Waals surface area contributed by atoms with Crippen molar-refractivity contribution in [3.63, 3.8) is 0 Å². The maximum Gasteiger partial charge on any atom is 0.182 e. The van der Waals surface area contributed by atoms with Crippen molar-refractivity contribution in [1.82, 2.24) is 0 Å². The standard InChI is InChI=1S/C4H8OSSi/c1-3-7(4-2)6-5/h3-5,7H,1-2H2. The molecule has 0 fully saturated rings. The Morgan fingerprint density at radius 1 is 1.43 bits per heavy atom. The van der Waals surface area contributed by atoms with Crippen molar-refractivity contribution in [1.29, 1.82) is 0 Å². The van der Waals surface area contributed by atoms with Gasteiger partial charge in [-0.25, -0.2) is 0 Å². The fourth-order valence-corrected chi connectivity index (χ4v) is 1.06. The highest BCUT2D eigenvalue weighted by molar-refractivity contribution is 8.22. The van der Waals surface area contributed by atoms with Gasteiger partial charge in [-0.05, 0) is 11.5 Å².